The van der Waals surface area contributed by atoms with E-state index in [0.29, 0.717) is 19.5 Å². The third-order valence-electron chi connectivity index (χ3n) is 2.93. The summed E-state index contributed by atoms with van der Waals surface area (Å²) in [5.41, 5.74) is -0.705. The number of amides is 2. The van der Waals surface area contributed by atoms with Crippen molar-refractivity contribution in [1.29, 1.82) is 0 Å². The van der Waals surface area contributed by atoms with Gasteiger partial charge in [-0.3, -0.25) is 9.59 Å². The Labute approximate surface area is 105 Å². The van der Waals surface area contributed by atoms with Crippen molar-refractivity contribution in [3.05, 3.63) is 0 Å². The molecule has 0 unspecified atom stereocenters. The van der Waals surface area contributed by atoms with E-state index in [1.807, 2.05) is 0 Å². The lowest BCUT2D eigenvalue weighted by molar-refractivity contribution is -0.149. The second kappa shape index (κ2) is 5.66. The number of rotatable bonds is 4. The highest BCUT2D eigenvalue weighted by atomic mass is 79.9. The van der Waals surface area contributed by atoms with Gasteiger partial charge >= 0.3 is 0 Å². The van der Waals surface area contributed by atoms with Crippen molar-refractivity contribution in [2.75, 3.05) is 18.4 Å². The largest absolute Gasteiger partial charge is 0.352 e. The number of carbonyl (C=O) groups is 2. The smallest absolute Gasteiger partial charge is 0.245 e. The first kappa shape index (κ1) is 13.5. The van der Waals surface area contributed by atoms with Crippen LogP contribution in [0.25, 0.3) is 0 Å². The maximum absolute atomic E-state index is 12.0. The summed E-state index contributed by atoms with van der Waals surface area (Å²) in [6.07, 6.45) is 2.40. The van der Waals surface area contributed by atoms with Gasteiger partial charge in [0.25, 0.3) is 0 Å². The predicted octanol–water partition coefficient (Wildman–Crippen LogP) is 1.29. The molecule has 16 heavy (non-hydrogen) atoms. The average molecular weight is 291 g/mol. The number of hydrogen-bond acceptors (Lipinski definition) is 2. The van der Waals surface area contributed by atoms with Gasteiger partial charge in [0.1, 0.15) is 5.54 Å². The number of piperazine rings is 1. The molecule has 1 saturated heterocycles. The van der Waals surface area contributed by atoms with Gasteiger partial charge in [-0.25, -0.2) is 0 Å². The zero-order valence-electron chi connectivity index (χ0n) is 9.88. The quantitative estimate of drug-likeness (QED) is 0.627. The van der Waals surface area contributed by atoms with E-state index >= 15 is 0 Å². The molecule has 92 valence electrons. The number of nitrogens with zero attached hydrogens (tertiary/aromatic N) is 1. The second-order valence-electron chi connectivity index (χ2n) is 4.51. The lowest BCUT2D eigenvalue weighted by atomic mass is 9.98. The summed E-state index contributed by atoms with van der Waals surface area (Å²) in [4.78, 5) is 25.3. The van der Waals surface area contributed by atoms with Crippen LogP contribution in [0.1, 0.15) is 33.1 Å². The van der Waals surface area contributed by atoms with Crippen LogP contribution in [-0.2, 0) is 9.59 Å². The van der Waals surface area contributed by atoms with Gasteiger partial charge in [0.05, 0.1) is 0 Å². The fourth-order valence-corrected chi connectivity index (χ4v) is 2.24. The van der Waals surface area contributed by atoms with Gasteiger partial charge in [0.2, 0.25) is 11.8 Å². The fraction of sp³-hybridized carbons (Fsp3) is 0.818. The van der Waals surface area contributed by atoms with Crippen molar-refractivity contribution < 1.29 is 9.59 Å². The third-order valence-corrected chi connectivity index (χ3v) is 3.49. The molecule has 2 amide bonds. The molecule has 1 fully saturated rings. The highest BCUT2D eigenvalue weighted by molar-refractivity contribution is 9.09. The lowest BCUT2D eigenvalue weighted by Gasteiger charge is -2.41. The highest BCUT2D eigenvalue weighted by Gasteiger charge is 2.39. The molecule has 0 aromatic carbocycles. The molecule has 1 aliphatic rings. The SMILES string of the molecule is CC1(C)C(=O)NCCN1C(=O)CCCCBr. The summed E-state index contributed by atoms with van der Waals surface area (Å²) in [6.45, 7) is 4.77. The van der Waals surface area contributed by atoms with Gasteiger partial charge in [-0.2, -0.15) is 0 Å². The summed E-state index contributed by atoms with van der Waals surface area (Å²) < 4.78 is 0. The highest BCUT2D eigenvalue weighted by Crippen LogP contribution is 2.19. The van der Waals surface area contributed by atoms with Crippen molar-refractivity contribution in [3.8, 4) is 0 Å². The van der Waals surface area contributed by atoms with Crippen LogP contribution in [0.3, 0.4) is 0 Å². The molecule has 0 saturated carbocycles. The minimum Gasteiger partial charge on any atom is -0.352 e. The summed E-state index contributed by atoms with van der Waals surface area (Å²) >= 11 is 3.34. The first-order valence-electron chi connectivity index (χ1n) is 5.65. The molecule has 0 spiro atoms. The Balaban J connectivity index is 2.56. The average Bonchev–Trinajstić information content (AvgIpc) is 2.22. The zero-order chi connectivity index (χ0) is 12.2. The molecular formula is C11H19BrN2O2. The van der Waals surface area contributed by atoms with Crippen LogP contribution in [0.15, 0.2) is 0 Å². The molecule has 0 atom stereocenters. The van der Waals surface area contributed by atoms with Crippen molar-refractivity contribution in [1.82, 2.24) is 10.2 Å². The van der Waals surface area contributed by atoms with Gasteiger partial charge in [0, 0.05) is 24.8 Å². The Hall–Kier alpha value is -0.580. The molecule has 0 bridgehead atoms. The molecule has 1 N–H and O–H groups in total. The summed E-state index contributed by atoms with van der Waals surface area (Å²) in [7, 11) is 0. The van der Waals surface area contributed by atoms with Crippen molar-refractivity contribution in [2.45, 2.75) is 38.6 Å². The predicted molar refractivity (Wildman–Crippen MR) is 66.4 cm³/mol. The van der Waals surface area contributed by atoms with Crippen LogP contribution in [-0.4, -0.2) is 40.7 Å². The number of hydrogen-bond donors (Lipinski definition) is 1. The maximum Gasteiger partial charge on any atom is 0.245 e. The molecule has 1 rings (SSSR count). The summed E-state index contributed by atoms with van der Waals surface area (Å²) in [6, 6.07) is 0. The Bertz CT molecular complexity index is 279. The summed E-state index contributed by atoms with van der Waals surface area (Å²) in [5, 5.41) is 3.70. The molecule has 5 heteroatoms. The number of carbonyl (C=O) groups excluding carboxylic acids is 2. The van der Waals surface area contributed by atoms with E-state index in [1.165, 1.54) is 0 Å². The Morgan fingerprint density at radius 2 is 2.19 bits per heavy atom. The topological polar surface area (TPSA) is 49.4 Å². The maximum atomic E-state index is 12.0. The van der Waals surface area contributed by atoms with E-state index in [1.54, 1.807) is 18.7 Å². The van der Waals surface area contributed by atoms with Crippen LogP contribution in [0.2, 0.25) is 0 Å². The van der Waals surface area contributed by atoms with Crippen molar-refractivity contribution >= 4 is 27.7 Å². The number of halogens is 1. The van der Waals surface area contributed by atoms with E-state index in [4.69, 9.17) is 0 Å². The van der Waals surface area contributed by atoms with E-state index in [0.717, 1.165) is 18.2 Å². The molecule has 0 aromatic heterocycles. The summed E-state index contributed by atoms with van der Waals surface area (Å²) in [5.74, 6) is 0.0217. The molecule has 0 radical (unpaired) electrons. The van der Waals surface area contributed by atoms with Gasteiger partial charge in [-0.05, 0) is 26.7 Å². The minimum atomic E-state index is -0.705. The second-order valence-corrected chi connectivity index (χ2v) is 5.30. The minimum absolute atomic E-state index is 0.0624. The first-order chi connectivity index (χ1) is 7.50. The third kappa shape index (κ3) is 2.97. The first-order valence-corrected chi connectivity index (χ1v) is 6.77. The van der Waals surface area contributed by atoms with E-state index in [9.17, 15) is 9.59 Å². The molecule has 4 nitrogen and oxygen atoms in total. The Morgan fingerprint density at radius 1 is 1.50 bits per heavy atom. The Kier molecular flexibility index (Phi) is 4.77. The van der Waals surface area contributed by atoms with Gasteiger partial charge in [0.15, 0.2) is 0 Å². The van der Waals surface area contributed by atoms with Crippen molar-refractivity contribution in [2.24, 2.45) is 0 Å². The van der Waals surface area contributed by atoms with Gasteiger partial charge in [-0.15, -0.1) is 0 Å². The van der Waals surface area contributed by atoms with Crippen LogP contribution in [0.4, 0.5) is 0 Å². The van der Waals surface area contributed by atoms with E-state index < -0.39 is 5.54 Å². The molecule has 1 aliphatic heterocycles. The Morgan fingerprint density at radius 3 is 2.81 bits per heavy atom. The van der Waals surface area contributed by atoms with Gasteiger partial charge < -0.3 is 10.2 Å². The molecule has 0 aromatic rings. The van der Waals surface area contributed by atoms with Crippen molar-refractivity contribution in [3.63, 3.8) is 0 Å². The molecule has 0 aliphatic carbocycles. The molecular weight excluding hydrogens is 272 g/mol. The normalized spacial score (nSPS) is 19.4. The number of unbranched alkanes of at least 4 members (excludes halogenated alkanes) is 1. The zero-order valence-corrected chi connectivity index (χ0v) is 11.5. The number of nitrogens with one attached hydrogen (secondary N) is 1. The fourth-order valence-electron chi connectivity index (χ4n) is 1.84. The van der Waals surface area contributed by atoms with Gasteiger partial charge in [-0.1, -0.05) is 15.9 Å². The molecule has 1 heterocycles. The number of alkyl halides is 1. The van der Waals surface area contributed by atoms with E-state index in [2.05, 4.69) is 21.2 Å². The van der Waals surface area contributed by atoms with Crippen LogP contribution < -0.4 is 5.32 Å². The van der Waals surface area contributed by atoms with E-state index in [-0.39, 0.29) is 11.8 Å². The standard InChI is InChI=1S/C11H19BrN2O2/c1-11(2)10(16)13-7-8-14(11)9(15)5-3-4-6-12/h3-8H2,1-2H3,(H,13,16). The lowest BCUT2D eigenvalue weighted by Crippen LogP contribution is -2.63. The monoisotopic (exact) mass is 290 g/mol. The van der Waals surface area contributed by atoms with Crippen LogP contribution >= 0.6 is 15.9 Å². The van der Waals surface area contributed by atoms with Crippen LogP contribution in [0, 0.1) is 0 Å². The van der Waals surface area contributed by atoms with Crippen LogP contribution in [0.5, 0.6) is 0 Å².